The third-order valence-electron chi connectivity index (χ3n) is 2.59. The highest BCUT2D eigenvalue weighted by atomic mass is 16.3. The summed E-state index contributed by atoms with van der Waals surface area (Å²) in [5.74, 6) is 0.417. The Kier molecular flexibility index (Phi) is 4.03. The molecule has 16 heavy (non-hydrogen) atoms. The van der Waals surface area contributed by atoms with Crippen molar-refractivity contribution >= 4 is 5.78 Å². The quantitative estimate of drug-likeness (QED) is 0.539. The fourth-order valence-electron chi connectivity index (χ4n) is 0.630. The molecule has 0 saturated heterocycles. The molecule has 0 aromatic carbocycles. The molecular formula is C11H18N2O3. The molecule has 0 amide bonds. The molecule has 0 aliphatic heterocycles. The van der Waals surface area contributed by atoms with Crippen LogP contribution >= 0.6 is 0 Å². The molecule has 5 nitrogen and oxygen atoms in total. The van der Waals surface area contributed by atoms with E-state index in [1.54, 1.807) is 6.07 Å². The molecule has 0 heterocycles. The average molecular weight is 226 g/mol. The molecule has 0 radical (unpaired) electrons. The van der Waals surface area contributed by atoms with Crippen LogP contribution in [0.1, 0.15) is 38.5 Å². The zero-order chi connectivity index (χ0) is 12.2. The maximum atomic E-state index is 9.56. The Balaban J connectivity index is 0.000000123. The molecule has 90 valence electrons. The first-order valence-corrected chi connectivity index (χ1v) is 5.51. The highest BCUT2D eigenvalue weighted by Gasteiger charge is 2.40. The molecule has 0 bridgehead atoms. The van der Waals surface area contributed by atoms with Gasteiger partial charge >= 0.3 is 0 Å². The Morgan fingerprint density at radius 3 is 1.69 bits per heavy atom. The number of hydrogen-bond acceptors (Lipinski definition) is 5. The summed E-state index contributed by atoms with van der Waals surface area (Å²) in [7, 11) is 0. The summed E-state index contributed by atoms with van der Waals surface area (Å²) in [5.41, 5.74) is 3.78. The minimum atomic E-state index is -0.903. The number of carbonyl (C=O) groups excluding carboxylic acids is 1. The Bertz CT molecular complexity index is 295. The monoisotopic (exact) mass is 226 g/mol. The van der Waals surface area contributed by atoms with Crippen LogP contribution < -0.4 is 5.73 Å². The lowest BCUT2D eigenvalue weighted by atomic mass is 10.4. The Hall–Kier alpha value is -0.960. The summed E-state index contributed by atoms with van der Waals surface area (Å²) in [6.07, 6.45) is 4.85. The minimum Gasteiger partial charge on any atom is -0.389 e. The summed E-state index contributed by atoms with van der Waals surface area (Å²) < 4.78 is 0. The molecule has 3 aliphatic rings. The van der Waals surface area contributed by atoms with E-state index in [1.807, 2.05) is 0 Å². The molecule has 0 unspecified atom stereocenters. The molecule has 0 aromatic rings. The Morgan fingerprint density at radius 2 is 1.69 bits per heavy atom. The maximum absolute atomic E-state index is 9.56. The van der Waals surface area contributed by atoms with Gasteiger partial charge < -0.3 is 15.9 Å². The van der Waals surface area contributed by atoms with Crippen LogP contribution in [-0.4, -0.2) is 33.7 Å². The van der Waals surface area contributed by atoms with Crippen molar-refractivity contribution in [3.05, 3.63) is 0 Å². The molecular weight excluding hydrogens is 208 g/mol. The highest BCUT2D eigenvalue weighted by Crippen LogP contribution is 2.33. The molecule has 0 spiro atoms. The summed E-state index contributed by atoms with van der Waals surface area (Å²) in [6, 6.07) is 1.77. The minimum absolute atomic E-state index is 0.417. The molecule has 0 atom stereocenters. The second kappa shape index (κ2) is 4.91. The van der Waals surface area contributed by atoms with Gasteiger partial charge in [0.2, 0.25) is 0 Å². The predicted molar refractivity (Wildman–Crippen MR) is 57.3 cm³/mol. The van der Waals surface area contributed by atoms with Gasteiger partial charge in [-0.2, -0.15) is 5.26 Å². The SMILES string of the molecule is N#CC1(O)CC1.NCC1(O)CC1.O=C1CC1. The van der Waals surface area contributed by atoms with Gasteiger partial charge in [-0.3, -0.25) is 4.79 Å². The molecule has 4 N–H and O–H groups in total. The van der Waals surface area contributed by atoms with E-state index in [1.165, 1.54) is 0 Å². The first-order chi connectivity index (χ1) is 7.43. The smallest absolute Gasteiger partial charge is 0.151 e. The summed E-state index contributed by atoms with van der Waals surface area (Å²) in [5, 5.41) is 25.4. The number of carbonyl (C=O) groups is 1. The predicted octanol–water partition coefficient (Wildman–Crippen LogP) is -0.146. The molecule has 3 rings (SSSR count). The van der Waals surface area contributed by atoms with E-state index in [0.717, 1.165) is 25.7 Å². The van der Waals surface area contributed by atoms with Crippen molar-refractivity contribution in [2.45, 2.75) is 49.7 Å². The van der Waals surface area contributed by atoms with Crippen molar-refractivity contribution < 1.29 is 15.0 Å². The van der Waals surface area contributed by atoms with Crippen LogP contribution in [0.4, 0.5) is 0 Å². The highest BCUT2D eigenvalue weighted by molar-refractivity contribution is 5.92. The summed E-state index contributed by atoms with van der Waals surface area (Å²) >= 11 is 0. The fourth-order valence-corrected chi connectivity index (χ4v) is 0.630. The van der Waals surface area contributed by atoms with Crippen LogP contribution in [0.15, 0.2) is 0 Å². The van der Waals surface area contributed by atoms with Crippen molar-refractivity contribution in [2.75, 3.05) is 6.54 Å². The van der Waals surface area contributed by atoms with E-state index < -0.39 is 11.2 Å². The Morgan fingerprint density at radius 1 is 1.25 bits per heavy atom. The summed E-state index contributed by atoms with van der Waals surface area (Å²) in [6.45, 7) is 0.438. The number of nitrogens with zero attached hydrogens (tertiary/aromatic N) is 1. The van der Waals surface area contributed by atoms with Crippen molar-refractivity contribution in [1.82, 2.24) is 0 Å². The Labute approximate surface area is 94.9 Å². The van der Waals surface area contributed by atoms with Gasteiger partial charge in [-0.1, -0.05) is 0 Å². The number of nitrogens with two attached hydrogens (primary N) is 1. The number of aliphatic hydroxyl groups is 2. The van der Waals surface area contributed by atoms with Crippen LogP contribution in [-0.2, 0) is 4.79 Å². The zero-order valence-corrected chi connectivity index (χ0v) is 9.28. The van der Waals surface area contributed by atoms with E-state index in [0.29, 0.717) is 25.2 Å². The average Bonchev–Trinajstić information content (AvgIpc) is 3.11. The van der Waals surface area contributed by atoms with Crippen LogP contribution in [0.5, 0.6) is 0 Å². The molecule has 0 aromatic heterocycles. The molecule has 3 saturated carbocycles. The molecule has 3 aliphatic carbocycles. The lowest BCUT2D eigenvalue weighted by molar-refractivity contribution is -0.109. The van der Waals surface area contributed by atoms with Crippen LogP contribution in [0.3, 0.4) is 0 Å². The zero-order valence-electron chi connectivity index (χ0n) is 9.28. The van der Waals surface area contributed by atoms with Gasteiger partial charge in [-0.15, -0.1) is 0 Å². The lowest BCUT2D eigenvalue weighted by Crippen LogP contribution is -2.20. The van der Waals surface area contributed by atoms with Crippen LogP contribution in [0.25, 0.3) is 0 Å². The van der Waals surface area contributed by atoms with Crippen molar-refractivity contribution in [3.63, 3.8) is 0 Å². The van der Waals surface area contributed by atoms with Crippen LogP contribution in [0.2, 0.25) is 0 Å². The third-order valence-corrected chi connectivity index (χ3v) is 2.59. The summed E-state index contributed by atoms with van der Waals surface area (Å²) in [4.78, 5) is 9.56. The number of Topliss-reactive ketones (excluding diaryl/α,β-unsaturated/α-hetero) is 1. The number of ketones is 1. The van der Waals surface area contributed by atoms with Gasteiger partial charge in [0.25, 0.3) is 0 Å². The van der Waals surface area contributed by atoms with E-state index in [4.69, 9.17) is 21.2 Å². The van der Waals surface area contributed by atoms with Crippen LogP contribution in [0, 0.1) is 11.3 Å². The number of nitriles is 1. The lowest BCUT2D eigenvalue weighted by Gasteiger charge is -1.96. The normalized spacial score (nSPS) is 25.0. The molecule has 3 fully saturated rings. The largest absolute Gasteiger partial charge is 0.389 e. The topological polar surface area (TPSA) is 107 Å². The first kappa shape index (κ1) is 13.1. The fraction of sp³-hybridized carbons (Fsp3) is 0.818. The maximum Gasteiger partial charge on any atom is 0.151 e. The third kappa shape index (κ3) is 5.81. The number of rotatable bonds is 1. The van der Waals surface area contributed by atoms with Gasteiger partial charge in [0, 0.05) is 19.4 Å². The van der Waals surface area contributed by atoms with Gasteiger partial charge in [0.05, 0.1) is 11.7 Å². The van der Waals surface area contributed by atoms with Gasteiger partial charge in [0.15, 0.2) is 5.60 Å². The standard InChI is InChI=1S/C4H9NO.C4H5NO.C3H4O/c2*5-3-4(6)1-2-4;4-3-1-2-3/h6H,1-3,5H2;6H,1-2H2;1-2H2. The van der Waals surface area contributed by atoms with Gasteiger partial charge in [-0.25, -0.2) is 0 Å². The van der Waals surface area contributed by atoms with Crippen molar-refractivity contribution in [3.8, 4) is 6.07 Å². The van der Waals surface area contributed by atoms with E-state index in [9.17, 15) is 4.79 Å². The van der Waals surface area contributed by atoms with E-state index in [2.05, 4.69) is 0 Å². The van der Waals surface area contributed by atoms with Crippen molar-refractivity contribution in [1.29, 1.82) is 5.26 Å². The van der Waals surface area contributed by atoms with Gasteiger partial charge in [0.1, 0.15) is 5.78 Å². The second-order valence-corrected chi connectivity index (χ2v) is 4.61. The number of hydrogen-bond donors (Lipinski definition) is 3. The van der Waals surface area contributed by atoms with E-state index >= 15 is 0 Å². The van der Waals surface area contributed by atoms with Gasteiger partial charge in [-0.05, 0) is 25.7 Å². The van der Waals surface area contributed by atoms with E-state index in [-0.39, 0.29) is 0 Å². The second-order valence-electron chi connectivity index (χ2n) is 4.61. The molecule has 5 heteroatoms. The first-order valence-electron chi connectivity index (χ1n) is 5.51. The van der Waals surface area contributed by atoms with Crippen molar-refractivity contribution in [2.24, 2.45) is 5.73 Å².